The minimum Gasteiger partial charge on any atom is -0.462 e. The van der Waals surface area contributed by atoms with E-state index in [1.807, 2.05) is 43.5 Å². The van der Waals surface area contributed by atoms with Gasteiger partial charge in [-0.25, -0.2) is 4.79 Å². The van der Waals surface area contributed by atoms with Gasteiger partial charge in [0.25, 0.3) is 5.91 Å². The number of aryl methyl sites for hydroxylation is 1. The number of anilines is 1. The molecule has 1 atom stereocenters. The van der Waals surface area contributed by atoms with Crippen LogP contribution in [0.1, 0.15) is 81.1 Å². The Hall–Kier alpha value is -3.51. The molecule has 2 N–H and O–H groups in total. The SMILES string of the molecule is CCOC(=O)c1c(NC(=O)CSc2nnc([C@@H](C)NC(=O)c3cccc(C)c3)n2CC)sc(C(C)=O)c1C. The van der Waals surface area contributed by atoms with Crippen molar-refractivity contribution in [1.29, 1.82) is 0 Å². The summed E-state index contributed by atoms with van der Waals surface area (Å²) in [4.78, 5) is 50.4. The van der Waals surface area contributed by atoms with Gasteiger partial charge in [-0.15, -0.1) is 21.5 Å². The molecule has 1 aromatic carbocycles. The number of ketones is 1. The first-order valence-electron chi connectivity index (χ1n) is 12.1. The Bertz CT molecular complexity index is 1360. The largest absolute Gasteiger partial charge is 0.462 e. The topological polar surface area (TPSA) is 132 Å². The number of thiophene rings is 1. The molecule has 2 heterocycles. The average Bonchev–Trinajstić information content (AvgIpc) is 3.43. The summed E-state index contributed by atoms with van der Waals surface area (Å²) in [6.07, 6.45) is 0. The van der Waals surface area contributed by atoms with Crippen LogP contribution < -0.4 is 10.6 Å². The average molecular weight is 558 g/mol. The molecule has 3 aromatic rings. The van der Waals surface area contributed by atoms with Crippen LogP contribution in [0.3, 0.4) is 0 Å². The summed E-state index contributed by atoms with van der Waals surface area (Å²) in [7, 11) is 0. The third-order valence-corrected chi connectivity index (χ3v) is 7.88. The lowest BCUT2D eigenvalue weighted by molar-refractivity contribution is -0.113. The molecule has 0 aliphatic carbocycles. The van der Waals surface area contributed by atoms with E-state index in [2.05, 4.69) is 20.8 Å². The van der Waals surface area contributed by atoms with E-state index >= 15 is 0 Å². The molecule has 0 unspecified atom stereocenters. The van der Waals surface area contributed by atoms with Gasteiger partial charge in [0.1, 0.15) is 5.00 Å². The van der Waals surface area contributed by atoms with Gasteiger partial charge in [0, 0.05) is 12.1 Å². The van der Waals surface area contributed by atoms with Gasteiger partial charge in [-0.1, -0.05) is 29.5 Å². The minimum absolute atomic E-state index is 0.00319. The van der Waals surface area contributed by atoms with Crippen LogP contribution in [0, 0.1) is 13.8 Å². The maximum atomic E-state index is 12.8. The number of thioether (sulfide) groups is 1. The molecule has 10 nitrogen and oxygen atoms in total. The highest BCUT2D eigenvalue weighted by atomic mass is 32.2. The number of ether oxygens (including phenoxy) is 1. The molecular weight excluding hydrogens is 526 g/mol. The van der Waals surface area contributed by atoms with Crippen LogP contribution in [-0.4, -0.2) is 50.7 Å². The Labute approximate surface area is 229 Å². The first-order chi connectivity index (χ1) is 18.1. The monoisotopic (exact) mass is 557 g/mol. The lowest BCUT2D eigenvalue weighted by atomic mass is 10.1. The quantitative estimate of drug-likeness (QED) is 0.199. The van der Waals surface area contributed by atoms with Gasteiger partial charge in [0.15, 0.2) is 16.8 Å². The summed E-state index contributed by atoms with van der Waals surface area (Å²) >= 11 is 2.24. The fraction of sp³-hybridized carbons (Fsp3) is 0.385. The summed E-state index contributed by atoms with van der Waals surface area (Å²) in [5, 5.41) is 15.0. The zero-order valence-electron chi connectivity index (χ0n) is 22.2. The highest BCUT2D eigenvalue weighted by Crippen LogP contribution is 2.34. The van der Waals surface area contributed by atoms with Gasteiger partial charge in [-0.05, 0) is 59.2 Å². The number of amides is 2. The van der Waals surface area contributed by atoms with Crippen molar-refractivity contribution in [2.75, 3.05) is 17.7 Å². The lowest BCUT2D eigenvalue weighted by Crippen LogP contribution is -2.28. The van der Waals surface area contributed by atoms with Crippen molar-refractivity contribution in [2.24, 2.45) is 0 Å². The van der Waals surface area contributed by atoms with Crippen molar-refractivity contribution in [1.82, 2.24) is 20.1 Å². The predicted molar refractivity (Wildman–Crippen MR) is 147 cm³/mol. The number of carbonyl (C=O) groups is 4. The number of nitrogens with zero attached hydrogens (tertiary/aromatic N) is 3. The van der Waals surface area contributed by atoms with Crippen LogP contribution in [0.15, 0.2) is 29.4 Å². The van der Waals surface area contributed by atoms with Gasteiger partial charge < -0.3 is 19.9 Å². The third kappa shape index (κ3) is 6.67. The number of Topliss-reactive ketones (excluding diaryl/α,β-unsaturated/α-hetero) is 1. The van der Waals surface area contributed by atoms with E-state index < -0.39 is 12.0 Å². The summed E-state index contributed by atoms with van der Waals surface area (Å²) in [5.41, 5.74) is 2.23. The standard InChI is InChI=1S/C26H31N5O5S2/c1-7-31-22(16(5)27-23(34)18-11-9-10-14(3)12-18)29-30-26(31)37-13-19(33)28-24-20(25(35)36-8-2)15(4)21(38-24)17(6)32/h9-12,16H,7-8,13H2,1-6H3,(H,27,34)(H,28,33)/t16-/m1/s1. The molecule has 0 saturated heterocycles. The van der Waals surface area contributed by atoms with Crippen LogP contribution in [0.2, 0.25) is 0 Å². The van der Waals surface area contributed by atoms with E-state index in [0.717, 1.165) is 16.9 Å². The molecule has 0 aliphatic heterocycles. The van der Waals surface area contributed by atoms with Crippen LogP contribution in [0.4, 0.5) is 5.00 Å². The van der Waals surface area contributed by atoms with E-state index in [1.165, 1.54) is 18.7 Å². The second-order valence-electron chi connectivity index (χ2n) is 8.52. The number of rotatable bonds is 11. The van der Waals surface area contributed by atoms with Crippen molar-refractivity contribution in [3.05, 3.63) is 57.2 Å². The zero-order chi connectivity index (χ0) is 28.0. The summed E-state index contributed by atoms with van der Waals surface area (Å²) in [6.45, 7) is 11.1. The van der Waals surface area contributed by atoms with E-state index in [9.17, 15) is 19.2 Å². The van der Waals surface area contributed by atoms with Crippen LogP contribution in [0.5, 0.6) is 0 Å². The van der Waals surface area contributed by atoms with Crippen LogP contribution in [0.25, 0.3) is 0 Å². The Kier molecular flexibility index (Phi) is 9.81. The van der Waals surface area contributed by atoms with E-state index in [-0.39, 0.29) is 40.5 Å². The molecule has 0 fully saturated rings. The van der Waals surface area contributed by atoms with Crippen LogP contribution in [-0.2, 0) is 16.1 Å². The number of esters is 1. The highest BCUT2D eigenvalue weighted by molar-refractivity contribution is 7.99. The second kappa shape index (κ2) is 12.8. The summed E-state index contributed by atoms with van der Waals surface area (Å²) in [5.74, 6) is -0.801. The van der Waals surface area contributed by atoms with E-state index in [4.69, 9.17) is 4.74 Å². The fourth-order valence-corrected chi connectivity index (χ4v) is 5.75. The Morgan fingerprint density at radius 1 is 1.16 bits per heavy atom. The van der Waals surface area contributed by atoms with Crippen LogP contribution >= 0.6 is 23.1 Å². The Balaban J connectivity index is 1.70. The molecule has 38 heavy (non-hydrogen) atoms. The normalized spacial score (nSPS) is 11.6. The van der Waals surface area contributed by atoms with Crippen molar-refractivity contribution in [3.63, 3.8) is 0 Å². The molecule has 0 saturated carbocycles. The lowest BCUT2D eigenvalue weighted by Gasteiger charge is -2.15. The van der Waals surface area contributed by atoms with Crippen molar-refractivity contribution in [3.8, 4) is 0 Å². The van der Waals surface area contributed by atoms with Gasteiger partial charge in [0.2, 0.25) is 5.91 Å². The van der Waals surface area contributed by atoms with Gasteiger partial charge in [-0.2, -0.15) is 0 Å². The maximum absolute atomic E-state index is 12.8. The molecule has 0 radical (unpaired) electrons. The number of benzene rings is 1. The van der Waals surface area contributed by atoms with Crippen molar-refractivity contribution >= 4 is 51.7 Å². The molecule has 0 spiro atoms. The molecule has 12 heteroatoms. The molecule has 0 aliphatic rings. The van der Waals surface area contributed by atoms with E-state index in [0.29, 0.717) is 33.5 Å². The molecule has 0 bridgehead atoms. The van der Waals surface area contributed by atoms with Crippen molar-refractivity contribution < 1.29 is 23.9 Å². The molecular formula is C26H31N5O5S2. The van der Waals surface area contributed by atoms with Gasteiger partial charge >= 0.3 is 5.97 Å². The Morgan fingerprint density at radius 3 is 2.53 bits per heavy atom. The first-order valence-corrected chi connectivity index (χ1v) is 13.9. The predicted octanol–water partition coefficient (Wildman–Crippen LogP) is 4.58. The third-order valence-electron chi connectivity index (χ3n) is 5.61. The fourth-order valence-electron chi connectivity index (χ4n) is 3.83. The molecule has 2 aromatic heterocycles. The molecule has 3 rings (SSSR count). The second-order valence-corrected chi connectivity index (χ2v) is 10.5. The maximum Gasteiger partial charge on any atom is 0.341 e. The number of nitrogens with one attached hydrogen (secondary N) is 2. The van der Waals surface area contributed by atoms with Gasteiger partial charge in [0.05, 0.1) is 28.8 Å². The number of hydrogen-bond donors (Lipinski definition) is 2. The number of carbonyl (C=O) groups excluding carboxylic acids is 4. The number of hydrogen-bond acceptors (Lipinski definition) is 9. The highest BCUT2D eigenvalue weighted by Gasteiger charge is 2.26. The zero-order valence-corrected chi connectivity index (χ0v) is 23.8. The number of aromatic nitrogens is 3. The smallest absolute Gasteiger partial charge is 0.341 e. The van der Waals surface area contributed by atoms with Crippen molar-refractivity contribution in [2.45, 2.75) is 59.3 Å². The van der Waals surface area contributed by atoms with Gasteiger partial charge in [-0.3, -0.25) is 14.4 Å². The first kappa shape index (κ1) is 29.1. The molecule has 202 valence electrons. The van der Waals surface area contributed by atoms with E-state index in [1.54, 1.807) is 19.9 Å². The minimum atomic E-state index is -0.589. The summed E-state index contributed by atoms with van der Waals surface area (Å²) < 4.78 is 6.96. The summed E-state index contributed by atoms with van der Waals surface area (Å²) in [6, 6.07) is 6.91. The Morgan fingerprint density at radius 2 is 1.89 bits per heavy atom. The molecule has 2 amide bonds.